The molecule has 0 heterocycles. The average molecular weight is 234 g/mol. The van der Waals surface area contributed by atoms with Crippen LogP contribution in [0.2, 0.25) is 0 Å². The van der Waals surface area contributed by atoms with E-state index < -0.39 is 0 Å². The molecule has 0 N–H and O–H groups in total. The molecule has 1 aliphatic rings. The first-order chi connectivity index (χ1) is 5.68. The highest BCUT2D eigenvalue weighted by molar-refractivity contribution is 9.09. The molecule has 0 aliphatic heterocycles. The summed E-state index contributed by atoms with van der Waals surface area (Å²) < 4.78 is 0. The van der Waals surface area contributed by atoms with Crippen LogP contribution in [0.4, 0.5) is 0 Å². The van der Waals surface area contributed by atoms with Gasteiger partial charge in [-0.05, 0) is 38.9 Å². The minimum Gasteiger partial charge on any atom is -0.306 e. The van der Waals surface area contributed by atoms with Crippen LogP contribution in [0, 0.1) is 5.92 Å². The smallest absolute Gasteiger partial charge is 0.0129 e. The molecule has 72 valence electrons. The first-order valence-electron chi connectivity index (χ1n) is 5.01. The predicted molar refractivity (Wildman–Crippen MR) is 57.8 cm³/mol. The summed E-state index contributed by atoms with van der Waals surface area (Å²) in [4.78, 5) is 3.12. The van der Waals surface area contributed by atoms with E-state index in [2.05, 4.69) is 34.8 Å². The summed E-state index contributed by atoms with van der Waals surface area (Å²) in [7, 11) is 2.23. The SMILES string of the molecule is CC(Br)CCN(C)CCC1CC1. The average Bonchev–Trinajstić information content (AvgIpc) is 2.80. The Morgan fingerprint density at radius 3 is 2.58 bits per heavy atom. The van der Waals surface area contributed by atoms with Crippen LogP contribution < -0.4 is 0 Å². The van der Waals surface area contributed by atoms with Crippen LogP contribution in [0.15, 0.2) is 0 Å². The Hall–Kier alpha value is 0.440. The fourth-order valence-corrected chi connectivity index (χ4v) is 1.52. The molecule has 0 saturated heterocycles. The van der Waals surface area contributed by atoms with E-state index in [0.29, 0.717) is 4.83 Å². The van der Waals surface area contributed by atoms with Gasteiger partial charge in [0.05, 0.1) is 0 Å². The number of nitrogens with zero attached hydrogens (tertiary/aromatic N) is 1. The van der Waals surface area contributed by atoms with Crippen molar-refractivity contribution in [1.29, 1.82) is 0 Å². The van der Waals surface area contributed by atoms with Gasteiger partial charge in [0, 0.05) is 4.83 Å². The first-order valence-corrected chi connectivity index (χ1v) is 5.92. The number of hydrogen-bond donors (Lipinski definition) is 0. The molecule has 0 aromatic rings. The lowest BCUT2D eigenvalue weighted by Crippen LogP contribution is -2.22. The highest BCUT2D eigenvalue weighted by Crippen LogP contribution is 2.32. The molecule has 0 amide bonds. The van der Waals surface area contributed by atoms with Crippen molar-refractivity contribution < 1.29 is 0 Å². The largest absolute Gasteiger partial charge is 0.306 e. The summed E-state index contributed by atoms with van der Waals surface area (Å²) in [6.07, 6.45) is 5.67. The molecule has 1 aliphatic carbocycles. The number of hydrogen-bond acceptors (Lipinski definition) is 1. The van der Waals surface area contributed by atoms with Crippen LogP contribution in [0.1, 0.15) is 32.6 Å². The molecule has 0 bridgehead atoms. The van der Waals surface area contributed by atoms with E-state index in [1.165, 1.54) is 38.8 Å². The Bertz CT molecular complexity index is 115. The zero-order valence-electron chi connectivity index (χ0n) is 8.22. The van der Waals surface area contributed by atoms with Crippen molar-refractivity contribution in [2.45, 2.75) is 37.4 Å². The molecule has 1 atom stereocenters. The van der Waals surface area contributed by atoms with E-state index in [1.54, 1.807) is 0 Å². The van der Waals surface area contributed by atoms with E-state index in [9.17, 15) is 0 Å². The van der Waals surface area contributed by atoms with Gasteiger partial charge in [-0.1, -0.05) is 35.7 Å². The van der Waals surface area contributed by atoms with Gasteiger partial charge in [0.1, 0.15) is 0 Å². The third kappa shape index (κ3) is 5.15. The van der Waals surface area contributed by atoms with Crippen LogP contribution in [0.3, 0.4) is 0 Å². The standard InChI is InChI=1S/C10H20BrN/c1-9(11)5-7-12(2)8-6-10-3-4-10/h9-10H,3-8H2,1-2H3. The fraction of sp³-hybridized carbons (Fsp3) is 1.00. The van der Waals surface area contributed by atoms with Crippen molar-refractivity contribution >= 4 is 15.9 Å². The van der Waals surface area contributed by atoms with Crippen molar-refractivity contribution in [3.63, 3.8) is 0 Å². The molecule has 1 saturated carbocycles. The van der Waals surface area contributed by atoms with Gasteiger partial charge in [0.2, 0.25) is 0 Å². The van der Waals surface area contributed by atoms with Crippen molar-refractivity contribution in [3.05, 3.63) is 0 Å². The van der Waals surface area contributed by atoms with E-state index in [0.717, 1.165) is 5.92 Å². The number of rotatable bonds is 6. The Morgan fingerprint density at radius 1 is 1.42 bits per heavy atom. The Kier molecular flexibility index (Phi) is 4.59. The summed E-state index contributed by atoms with van der Waals surface area (Å²) in [5.74, 6) is 1.08. The lowest BCUT2D eigenvalue weighted by Gasteiger charge is -2.16. The van der Waals surface area contributed by atoms with Gasteiger partial charge >= 0.3 is 0 Å². The molecular weight excluding hydrogens is 214 g/mol. The molecule has 0 spiro atoms. The highest BCUT2D eigenvalue weighted by atomic mass is 79.9. The maximum atomic E-state index is 3.57. The molecule has 1 fully saturated rings. The van der Waals surface area contributed by atoms with E-state index in [1.807, 2.05) is 0 Å². The van der Waals surface area contributed by atoms with Crippen molar-refractivity contribution in [3.8, 4) is 0 Å². The van der Waals surface area contributed by atoms with Crippen LogP contribution in [0.25, 0.3) is 0 Å². The molecular formula is C10H20BrN. The highest BCUT2D eigenvalue weighted by Gasteiger charge is 2.20. The van der Waals surface area contributed by atoms with Gasteiger partial charge in [0.25, 0.3) is 0 Å². The fourth-order valence-electron chi connectivity index (χ4n) is 1.32. The minimum atomic E-state index is 0.667. The van der Waals surface area contributed by atoms with E-state index >= 15 is 0 Å². The number of alkyl halides is 1. The second-order valence-electron chi connectivity index (χ2n) is 4.10. The third-order valence-electron chi connectivity index (χ3n) is 2.52. The van der Waals surface area contributed by atoms with Gasteiger partial charge in [-0.15, -0.1) is 0 Å². The third-order valence-corrected chi connectivity index (χ3v) is 2.98. The topological polar surface area (TPSA) is 3.24 Å². The van der Waals surface area contributed by atoms with Crippen molar-refractivity contribution in [2.24, 2.45) is 5.92 Å². The van der Waals surface area contributed by atoms with E-state index in [-0.39, 0.29) is 0 Å². The molecule has 1 unspecified atom stereocenters. The van der Waals surface area contributed by atoms with Crippen molar-refractivity contribution in [2.75, 3.05) is 20.1 Å². The second kappa shape index (κ2) is 5.23. The maximum absolute atomic E-state index is 3.57. The molecule has 0 radical (unpaired) electrons. The van der Waals surface area contributed by atoms with Crippen molar-refractivity contribution in [1.82, 2.24) is 4.90 Å². The molecule has 1 rings (SSSR count). The monoisotopic (exact) mass is 233 g/mol. The predicted octanol–water partition coefficient (Wildman–Crippen LogP) is 2.89. The zero-order chi connectivity index (χ0) is 8.97. The number of halogens is 1. The molecule has 12 heavy (non-hydrogen) atoms. The summed E-state index contributed by atoms with van der Waals surface area (Å²) >= 11 is 3.57. The van der Waals surface area contributed by atoms with Crippen LogP contribution in [0.5, 0.6) is 0 Å². The van der Waals surface area contributed by atoms with Crippen LogP contribution >= 0.6 is 15.9 Å². The van der Waals surface area contributed by atoms with Crippen LogP contribution in [-0.4, -0.2) is 29.9 Å². The van der Waals surface area contributed by atoms with Gasteiger partial charge in [0.15, 0.2) is 0 Å². The molecule has 1 nitrogen and oxygen atoms in total. The lowest BCUT2D eigenvalue weighted by molar-refractivity contribution is 0.318. The normalized spacial score (nSPS) is 20.0. The molecule has 0 aromatic heterocycles. The summed E-state index contributed by atoms with van der Waals surface area (Å²) in [6.45, 7) is 4.75. The van der Waals surface area contributed by atoms with Crippen LogP contribution in [-0.2, 0) is 0 Å². The summed E-state index contributed by atoms with van der Waals surface area (Å²) in [5, 5.41) is 0. The Balaban J connectivity index is 1.91. The maximum Gasteiger partial charge on any atom is 0.0129 e. The minimum absolute atomic E-state index is 0.667. The Labute approximate surface area is 84.6 Å². The van der Waals surface area contributed by atoms with Gasteiger partial charge in [-0.25, -0.2) is 0 Å². The summed E-state index contributed by atoms with van der Waals surface area (Å²) in [6, 6.07) is 0. The van der Waals surface area contributed by atoms with E-state index in [4.69, 9.17) is 0 Å². The van der Waals surface area contributed by atoms with Gasteiger partial charge < -0.3 is 4.90 Å². The zero-order valence-corrected chi connectivity index (χ0v) is 9.81. The molecule has 0 aromatic carbocycles. The van der Waals surface area contributed by atoms with Gasteiger partial charge in [-0.2, -0.15) is 0 Å². The quantitative estimate of drug-likeness (QED) is 0.639. The molecule has 2 heteroatoms. The first kappa shape index (κ1) is 10.5. The second-order valence-corrected chi connectivity index (χ2v) is 5.67. The lowest BCUT2D eigenvalue weighted by atomic mass is 10.2. The Morgan fingerprint density at radius 2 is 2.08 bits per heavy atom. The van der Waals surface area contributed by atoms with Gasteiger partial charge in [-0.3, -0.25) is 0 Å². The summed E-state index contributed by atoms with van der Waals surface area (Å²) in [5.41, 5.74) is 0.